The molecule has 9 rings (SSSR count). The molecule has 9 aromatic rings. The number of aromatic nitrogens is 3. The maximum atomic E-state index is 11.7. The minimum atomic E-state index is -0.673. The number of rotatable bonds is 10. The minimum Gasteiger partial charge on any atom is -0.507 e. The molecular weight excluding hydrogens is 938 g/mol. The number of pyridine rings is 1. The van der Waals surface area contributed by atoms with Crippen LogP contribution in [-0.4, -0.2) is 19.6 Å². The fourth-order valence-corrected chi connectivity index (χ4v) is 8.52. The molecule has 0 saturated heterocycles. The molecule has 0 atom stereocenters. The maximum absolute atomic E-state index is 11.7. The van der Waals surface area contributed by atoms with Gasteiger partial charge in [-0.15, -0.1) is 23.8 Å². The standard InChI is InChI=1S/C57H50N3O.Pt/c1-36(2)28-46-34-49(24-25-50(46)43-16-11-8-12-17-43)60-54-19-13-18-51(55(54)59-57(60)52-30-38(5)29-39(6)56(52)61)47-31-45(41-14-9-7-10-15-41)32-48(33-47)53-35-44(26-27-58-53)42-22-20-40(21-23-42)37(3)4;/h7-27,29-32,34-37,61H,28H2,1-6H3;/q-1;/i37D;. The summed E-state index contributed by atoms with van der Waals surface area (Å²) in [6.45, 7) is 12.3. The van der Waals surface area contributed by atoms with Crippen LogP contribution in [0.4, 0.5) is 0 Å². The summed E-state index contributed by atoms with van der Waals surface area (Å²) in [6.07, 6.45) is 2.77. The van der Waals surface area contributed by atoms with Crippen molar-refractivity contribution in [3.63, 3.8) is 0 Å². The molecule has 0 unspecified atom stereocenters. The molecule has 0 bridgehead atoms. The predicted molar refractivity (Wildman–Crippen MR) is 254 cm³/mol. The zero-order valence-electron chi connectivity index (χ0n) is 37.0. The molecule has 0 spiro atoms. The topological polar surface area (TPSA) is 50.9 Å². The van der Waals surface area contributed by atoms with E-state index < -0.39 is 5.89 Å². The van der Waals surface area contributed by atoms with Gasteiger partial charge in [-0.25, -0.2) is 4.98 Å². The van der Waals surface area contributed by atoms with E-state index in [4.69, 9.17) is 11.3 Å². The molecule has 2 aromatic heterocycles. The molecule has 0 amide bonds. The number of imidazole rings is 1. The number of benzene rings is 7. The quantitative estimate of drug-likeness (QED) is 0.139. The number of phenols is 1. The fourth-order valence-electron chi connectivity index (χ4n) is 8.52. The molecule has 5 heteroatoms. The molecule has 62 heavy (non-hydrogen) atoms. The summed E-state index contributed by atoms with van der Waals surface area (Å²) >= 11 is 0. The molecule has 4 nitrogen and oxygen atoms in total. The van der Waals surface area contributed by atoms with Crippen molar-refractivity contribution in [3.8, 4) is 78.6 Å². The molecule has 0 saturated carbocycles. The van der Waals surface area contributed by atoms with E-state index >= 15 is 0 Å². The van der Waals surface area contributed by atoms with Crippen molar-refractivity contribution in [3.05, 3.63) is 192 Å². The molecule has 310 valence electrons. The van der Waals surface area contributed by atoms with Crippen LogP contribution in [0.1, 0.15) is 57.2 Å². The van der Waals surface area contributed by atoms with Gasteiger partial charge >= 0.3 is 0 Å². The maximum Gasteiger partial charge on any atom is 0.148 e. The van der Waals surface area contributed by atoms with Crippen molar-refractivity contribution in [1.29, 1.82) is 0 Å². The van der Waals surface area contributed by atoms with Gasteiger partial charge in [0.25, 0.3) is 0 Å². The van der Waals surface area contributed by atoms with Gasteiger partial charge in [0.2, 0.25) is 0 Å². The summed E-state index contributed by atoms with van der Waals surface area (Å²) in [5, 5.41) is 11.7. The summed E-state index contributed by atoms with van der Waals surface area (Å²) in [4.78, 5) is 10.4. The Hall–Kier alpha value is -6.35. The van der Waals surface area contributed by atoms with E-state index in [0.717, 1.165) is 84.5 Å². The van der Waals surface area contributed by atoms with Gasteiger partial charge in [-0.3, -0.25) is 9.55 Å². The Kier molecular flexibility index (Phi) is 11.9. The number of nitrogens with zero attached hydrogens (tertiary/aromatic N) is 3. The van der Waals surface area contributed by atoms with Crippen LogP contribution in [0.15, 0.2) is 164 Å². The van der Waals surface area contributed by atoms with E-state index in [2.05, 4.69) is 153 Å². The van der Waals surface area contributed by atoms with Gasteiger partial charge in [0.15, 0.2) is 0 Å². The predicted octanol–water partition coefficient (Wildman–Crippen LogP) is 14.9. The van der Waals surface area contributed by atoms with Gasteiger partial charge in [0.1, 0.15) is 11.6 Å². The Labute approximate surface area is 381 Å². The molecule has 0 aliphatic rings. The normalized spacial score (nSPS) is 11.8. The monoisotopic (exact) mass is 988 g/mol. The average molecular weight is 989 g/mol. The summed E-state index contributed by atoms with van der Waals surface area (Å²) in [7, 11) is 0. The summed E-state index contributed by atoms with van der Waals surface area (Å²) in [6, 6.07) is 58.7. The first-order chi connectivity index (χ1) is 29.9. The third-order valence-corrected chi connectivity index (χ3v) is 11.5. The van der Waals surface area contributed by atoms with Crippen molar-refractivity contribution < 1.29 is 27.5 Å². The summed E-state index contributed by atoms with van der Waals surface area (Å²) in [5.41, 5.74) is 17.6. The summed E-state index contributed by atoms with van der Waals surface area (Å²) in [5.74, 6) is 0.669. The van der Waals surface area contributed by atoms with E-state index in [1.807, 2.05) is 63.4 Å². The van der Waals surface area contributed by atoms with Crippen molar-refractivity contribution in [1.82, 2.24) is 14.5 Å². The first kappa shape index (κ1) is 41.0. The number of hydrogen-bond donors (Lipinski definition) is 1. The molecular formula is C57H50N3OPt-. The van der Waals surface area contributed by atoms with Crippen LogP contribution in [0.5, 0.6) is 5.75 Å². The van der Waals surface area contributed by atoms with Gasteiger partial charge in [-0.1, -0.05) is 160 Å². The Morgan fingerprint density at radius 3 is 2.03 bits per heavy atom. The second-order valence-corrected chi connectivity index (χ2v) is 16.8. The van der Waals surface area contributed by atoms with E-state index in [0.29, 0.717) is 17.3 Å². The van der Waals surface area contributed by atoms with Gasteiger partial charge in [0, 0.05) is 40.0 Å². The number of fused-ring (bicyclic) bond motifs is 1. The van der Waals surface area contributed by atoms with Gasteiger partial charge in [-0.05, 0) is 112 Å². The summed E-state index contributed by atoms with van der Waals surface area (Å²) < 4.78 is 10.7. The average Bonchev–Trinajstić information content (AvgIpc) is 3.67. The second kappa shape index (κ2) is 17.9. The van der Waals surface area contributed by atoms with Crippen molar-refractivity contribution in [2.24, 2.45) is 5.92 Å². The van der Waals surface area contributed by atoms with E-state index in [1.165, 1.54) is 16.7 Å². The fraction of sp³-hybridized carbons (Fsp3) is 0.158. The molecule has 2 heterocycles. The Morgan fingerprint density at radius 2 is 1.32 bits per heavy atom. The van der Waals surface area contributed by atoms with Crippen LogP contribution in [0.2, 0.25) is 0 Å². The van der Waals surface area contributed by atoms with E-state index in [-0.39, 0.29) is 26.8 Å². The SMILES string of the molecule is [2H]C(C)(C)c1ccc(-c2ccnc(-c3[c-]c(-c4cccc5c4nc(-c4cc(C)cc(C)c4O)n5-c4ccc(-c5ccccc5)c(CC(C)C)c4)cc(-c4ccccc4)c3)c2)cc1.[Pt]. The third kappa shape index (κ3) is 8.45. The molecule has 0 radical (unpaired) electrons. The van der Waals surface area contributed by atoms with Crippen LogP contribution >= 0.6 is 0 Å². The van der Waals surface area contributed by atoms with Gasteiger partial charge in [0.05, 0.1) is 16.6 Å². The number of aromatic hydroxyl groups is 1. The molecule has 0 fully saturated rings. The number of hydrogen-bond acceptors (Lipinski definition) is 3. The Morgan fingerprint density at radius 1 is 0.629 bits per heavy atom. The van der Waals surface area contributed by atoms with E-state index in [9.17, 15) is 5.11 Å². The number of phenolic OH excluding ortho intramolecular Hbond substituents is 1. The molecule has 0 aliphatic heterocycles. The van der Waals surface area contributed by atoms with Gasteiger partial charge < -0.3 is 5.11 Å². The number of aryl methyl sites for hydroxylation is 2. The van der Waals surface area contributed by atoms with Crippen LogP contribution in [0.3, 0.4) is 0 Å². The van der Waals surface area contributed by atoms with Crippen LogP contribution in [0, 0.1) is 25.8 Å². The smallest absolute Gasteiger partial charge is 0.148 e. The first-order valence-electron chi connectivity index (χ1n) is 21.6. The third-order valence-electron chi connectivity index (χ3n) is 11.5. The first-order valence-corrected chi connectivity index (χ1v) is 21.1. The Balaban J connectivity index is 0.00000544. The zero-order chi connectivity index (χ0) is 43.1. The van der Waals surface area contributed by atoms with Crippen LogP contribution in [0.25, 0.3) is 83.9 Å². The largest absolute Gasteiger partial charge is 0.507 e. The van der Waals surface area contributed by atoms with Crippen molar-refractivity contribution in [2.45, 2.75) is 53.9 Å². The van der Waals surface area contributed by atoms with E-state index in [1.54, 1.807) is 0 Å². The second-order valence-electron chi connectivity index (χ2n) is 16.8. The van der Waals surface area contributed by atoms with Crippen LogP contribution in [-0.2, 0) is 27.5 Å². The molecule has 0 aliphatic carbocycles. The van der Waals surface area contributed by atoms with Crippen LogP contribution < -0.4 is 0 Å². The Bertz CT molecular complexity index is 3080. The number of para-hydroxylation sites is 1. The van der Waals surface area contributed by atoms with Gasteiger partial charge in [-0.2, -0.15) is 0 Å². The van der Waals surface area contributed by atoms with Crippen molar-refractivity contribution in [2.75, 3.05) is 0 Å². The molecule has 1 N–H and O–H groups in total. The molecule has 7 aromatic carbocycles. The minimum absolute atomic E-state index is 0. The zero-order valence-corrected chi connectivity index (χ0v) is 38.3. The van der Waals surface area contributed by atoms with Crippen molar-refractivity contribution >= 4 is 11.0 Å².